The maximum atomic E-state index is 10.6. The van der Waals surface area contributed by atoms with E-state index in [1.54, 1.807) is 0 Å². The minimum absolute atomic E-state index is 0.110. The zero-order valence-electron chi connectivity index (χ0n) is 10.1. The van der Waals surface area contributed by atoms with E-state index in [0.29, 0.717) is 17.8 Å². The van der Waals surface area contributed by atoms with Crippen molar-refractivity contribution >= 4 is 10.1 Å². The van der Waals surface area contributed by atoms with Crippen LogP contribution < -0.4 is 5.73 Å². The Bertz CT molecular complexity index is 324. The van der Waals surface area contributed by atoms with Crippen LogP contribution in [0, 0.1) is 11.3 Å². The predicted molar refractivity (Wildman–Crippen MR) is 64.7 cm³/mol. The van der Waals surface area contributed by atoms with Gasteiger partial charge >= 0.3 is 0 Å². The first kappa shape index (κ1) is 13.9. The molecule has 0 saturated heterocycles. The van der Waals surface area contributed by atoms with E-state index < -0.39 is 10.1 Å². The highest BCUT2D eigenvalue weighted by Gasteiger charge is 2.31. The van der Waals surface area contributed by atoms with E-state index >= 15 is 0 Å². The van der Waals surface area contributed by atoms with Crippen molar-refractivity contribution in [2.75, 3.05) is 5.75 Å². The molecule has 1 fully saturated rings. The molecule has 1 saturated carbocycles. The maximum Gasteiger partial charge on any atom is 0.264 e. The van der Waals surface area contributed by atoms with E-state index in [-0.39, 0.29) is 11.8 Å². The van der Waals surface area contributed by atoms with Crippen molar-refractivity contribution < 1.29 is 13.0 Å². The molecule has 5 heteroatoms. The molecule has 2 unspecified atom stereocenters. The van der Waals surface area contributed by atoms with Crippen LogP contribution in [0.5, 0.6) is 0 Å². The van der Waals surface area contributed by atoms with Gasteiger partial charge in [0.05, 0.1) is 5.75 Å². The second-order valence-electron chi connectivity index (χ2n) is 5.76. The molecular formula is C11H23NO3S. The average Bonchev–Trinajstić information content (AvgIpc) is 2.11. The van der Waals surface area contributed by atoms with Crippen molar-refractivity contribution in [3.05, 3.63) is 0 Å². The highest BCUT2D eigenvalue weighted by atomic mass is 32.2. The highest BCUT2D eigenvalue weighted by Crippen LogP contribution is 2.39. The minimum Gasteiger partial charge on any atom is -0.327 e. The summed E-state index contributed by atoms with van der Waals surface area (Å²) in [6.07, 6.45) is 4.88. The van der Waals surface area contributed by atoms with Crippen LogP contribution in [0.25, 0.3) is 0 Å². The normalized spacial score (nSPS) is 27.6. The molecule has 0 aliphatic heterocycles. The molecule has 0 aromatic heterocycles. The Morgan fingerprint density at radius 1 is 1.50 bits per heavy atom. The number of rotatable bonds is 4. The molecule has 0 bridgehead atoms. The lowest BCUT2D eigenvalue weighted by Gasteiger charge is -2.37. The molecule has 1 rings (SSSR count). The highest BCUT2D eigenvalue weighted by molar-refractivity contribution is 7.85. The number of hydrogen-bond donors (Lipinski definition) is 2. The van der Waals surface area contributed by atoms with Crippen molar-refractivity contribution in [3.63, 3.8) is 0 Å². The Morgan fingerprint density at radius 2 is 2.12 bits per heavy atom. The molecule has 2 atom stereocenters. The van der Waals surface area contributed by atoms with Gasteiger partial charge < -0.3 is 5.73 Å². The first-order valence-corrected chi connectivity index (χ1v) is 7.51. The third kappa shape index (κ3) is 4.80. The van der Waals surface area contributed by atoms with Gasteiger partial charge in [0.1, 0.15) is 0 Å². The topological polar surface area (TPSA) is 80.4 Å². The summed E-state index contributed by atoms with van der Waals surface area (Å²) in [5.41, 5.74) is 6.32. The van der Waals surface area contributed by atoms with Gasteiger partial charge in [0, 0.05) is 6.04 Å². The van der Waals surface area contributed by atoms with Crippen LogP contribution in [0.1, 0.15) is 46.0 Å². The summed E-state index contributed by atoms with van der Waals surface area (Å²) in [6.45, 7) is 4.46. The molecule has 4 nitrogen and oxygen atoms in total. The summed E-state index contributed by atoms with van der Waals surface area (Å²) in [5.74, 6) is 0.177. The molecule has 0 aromatic rings. The van der Waals surface area contributed by atoms with E-state index in [1.165, 1.54) is 6.42 Å². The van der Waals surface area contributed by atoms with Gasteiger partial charge in [-0.2, -0.15) is 8.42 Å². The molecule has 0 radical (unpaired) electrons. The smallest absolute Gasteiger partial charge is 0.264 e. The summed E-state index contributed by atoms with van der Waals surface area (Å²) in [7, 11) is -3.87. The van der Waals surface area contributed by atoms with Gasteiger partial charge in [0.2, 0.25) is 0 Å². The number of nitrogens with two attached hydrogens (primary N) is 1. The summed E-state index contributed by atoms with van der Waals surface area (Å²) < 4.78 is 30.0. The Balaban J connectivity index is 2.45. The number of hydrogen-bond acceptors (Lipinski definition) is 3. The van der Waals surface area contributed by atoms with E-state index in [9.17, 15) is 8.42 Å². The van der Waals surface area contributed by atoms with Crippen LogP contribution in [0.4, 0.5) is 0 Å². The first-order chi connectivity index (χ1) is 7.20. The van der Waals surface area contributed by atoms with Crippen molar-refractivity contribution in [1.29, 1.82) is 0 Å². The monoisotopic (exact) mass is 249 g/mol. The van der Waals surface area contributed by atoms with E-state index in [2.05, 4.69) is 13.8 Å². The van der Waals surface area contributed by atoms with Crippen molar-refractivity contribution in [3.8, 4) is 0 Å². The molecule has 0 spiro atoms. The van der Waals surface area contributed by atoms with Gasteiger partial charge in [-0.05, 0) is 37.0 Å². The zero-order chi connectivity index (χ0) is 12.4. The lowest BCUT2D eigenvalue weighted by Crippen LogP contribution is -2.37. The Labute approximate surface area is 98.4 Å². The summed E-state index contributed by atoms with van der Waals surface area (Å²) in [5, 5.41) is 0. The van der Waals surface area contributed by atoms with Crippen molar-refractivity contribution in [2.24, 2.45) is 17.1 Å². The summed E-state index contributed by atoms with van der Waals surface area (Å²) in [4.78, 5) is 0. The molecule has 3 N–H and O–H groups in total. The Kier molecular flexibility index (Phi) is 4.37. The fraction of sp³-hybridized carbons (Fsp3) is 1.00. The van der Waals surface area contributed by atoms with E-state index in [4.69, 9.17) is 10.3 Å². The molecule has 1 aliphatic rings. The van der Waals surface area contributed by atoms with Crippen LogP contribution in [-0.2, 0) is 10.1 Å². The van der Waals surface area contributed by atoms with Gasteiger partial charge in [-0.3, -0.25) is 4.55 Å². The minimum atomic E-state index is -3.87. The van der Waals surface area contributed by atoms with Gasteiger partial charge in [0.25, 0.3) is 10.1 Å². The zero-order valence-corrected chi connectivity index (χ0v) is 11.0. The molecule has 0 heterocycles. The lowest BCUT2D eigenvalue weighted by atomic mass is 9.70. The van der Waals surface area contributed by atoms with Crippen molar-refractivity contribution in [2.45, 2.75) is 52.0 Å². The van der Waals surface area contributed by atoms with E-state index in [1.807, 2.05) is 0 Å². The molecule has 0 amide bonds. The van der Waals surface area contributed by atoms with Crippen molar-refractivity contribution in [1.82, 2.24) is 0 Å². The summed E-state index contributed by atoms with van der Waals surface area (Å²) >= 11 is 0. The molecule has 1 aliphatic carbocycles. The quantitative estimate of drug-likeness (QED) is 0.745. The Hall–Kier alpha value is -0.130. The van der Waals surface area contributed by atoms with Gasteiger partial charge in [0.15, 0.2) is 0 Å². The van der Waals surface area contributed by atoms with Gasteiger partial charge in [-0.1, -0.05) is 20.3 Å². The third-order valence-electron chi connectivity index (χ3n) is 3.56. The van der Waals surface area contributed by atoms with Crippen LogP contribution in [-0.4, -0.2) is 24.8 Å². The van der Waals surface area contributed by atoms with Crippen LogP contribution in [0.3, 0.4) is 0 Å². The van der Waals surface area contributed by atoms with Gasteiger partial charge in [-0.25, -0.2) is 0 Å². The SMILES string of the molecule is CC1(C)CCCC(C(N)CCS(=O)(=O)O)C1. The third-order valence-corrected chi connectivity index (χ3v) is 4.31. The summed E-state index contributed by atoms with van der Waals surface area (Å²) in [6, 6.07) is -0.110. The fourth-order valence-corrected chi connectivity index (χ4v) is 3.21. The molecule has 16 heavy (non-hydrogen) atoms. The standard InChI is InChI=1S/C11H23NO3S/c1-11(2)6-3-4-9(8-11)10(12)5-7-16(13,14)15/h9-10H,3-8,12H2,1-2H3,(H,13,14,15). The molecule has 0 aromatic carbocycles. The van der Waals surface area contributed by atoms with Crippen LogP contribution >= 0.6 is 0 Å². The maximum absolute atomic E-state index is 10.6. The Morgan fingerprint density at radius 3 is 2.62 bits per heavy atom. The second kappa shape index (κ2) is 5.02. The largest absolute Gasteiger partial charge is 0.327 e. The lowest BCUT2D eigenvalue weighted by molar-refractivity contribution is 0.158. The predicted octanol–water partition coefficient (Wildman–Crippen LogP) is 1.81. The van der Waals surface area contributed by atoms with E-state index in [0.717, 1.165) is 19.3 Å². The molecular weight excluding hydrogens is 226 g/mol. The van der Waals surface area contributed by atoms with Crippen LogP contribution in [0.2, 0.25) is 0 Å². The average molecular weight is 249 g/mol. The first-order valence-electron chi connectivity index (χ1n) is 5.90. The molecule has 96 valence electrons. The van der Waals surface area contributed by atoms with Crippen LogP contribution in [0.15, 0.2) is 0 Å². The fourth-order valence-electron chi connectivity index (χ4n) is 2.64. The second-order valence-corrected chi connectivity index (χ2v) is 7.33. The van der Waals surface area contributed by atoms with Gasteiger partial charge in [-0.15, -0.1) is 0 Å².